The van der Waals surface area contributed by atoms with Gasteiger partial charge in [-0.3, -0.25) is 0 Å². The molecule has 1 aliphatic carbocycles. The summed E-state index contributed by atoms with van der Waals surface area (Å²) in [6.07, 6.45) is 0. The molecule has 0 atom stereocenters. The zero-order chi connectivity index (χ0) is 34.5. The lowest BCUT2D eigenvalue weighted by atomic mass is 9.82. The van der Waals surface area contributed by atoms with Gasteiger partial charge >= 0.3 is 0 Å². The van der Waals surface area contributed by atoms with Crippen LogP contribution in [0.5, 0.6) is 0 Å². The number of rotatable bonds is 6. The monoisotopic (exact) mass is 645 g/mol. The zero-order valence-electron chi connectivity index (χ0n) is 29.6. The van der Waals surface area contributed by atoms with Crippen LogP contribution in [0.2, 0.25) is 0 Å². The molecule has 0 saturated carbocycles. The van der Waals surface area contributed by atoms with Crippen LogP contribution in [-0.2, 0) is 10.8 Å². The summed E-state index contributed by atoms with van der Waals surface area (Å²) in [5.41, 5.74) is 17.4. The van der Waals surface area contributed by atoms with Gasteiger partial charge in [0.2, 0.25) is 0 Å². The summed E-state index contributed by atoms with van der Waals surface area (Å²) in [6.45, 7) is 11.7. The van der Waals surface area contributed by atoms with Crippen molar-refractivity contribution in [3.8, 4) is 44.5 Å². The lowest BCUT2D eigenvalue weighted by Gasteiger charge is -2.33. The molecule has 1 heteroatoms. The van der Waals surface area contributed by atoms with E-state index in [2.05, 4.69) is 209 Å². The second-order valence-electron chi connectivity index (χ2n) is 15.1. The topological polar surface area (TPSA) is 3.24 Å². The highest BCUT2D eigenvalue weighted by Crippen LogP contribution is 2.51. The predicted octanol–water partition coefficient (Wildman–Crippen LogP) is 13.8. The van der Waals surface area contributed by atoms with Crippen LogP contribution in [0.4, 0.5) is 17.1 Å². The van der Waals surface area contributed by atoms with Crippen molar-refractivity contribution in [2.75, 3.05) is 4.90 Å². The Balaban J connectivity index is 1.25. The minimum Gasteiger partial charge on any atom is -0.310 e. The third-order valence-corrected chi connectivity index (χ3v) is 10.4. The van der Waals surface area contributed by atoms with Crippen LogP contribution in [0, 0.1) is 0 Å². The van der Waals surface area contributed by atoms with Crippen LogP contribution < -0.4 is 4.90 Å². The van der Waals surface area contributed by atoms with Crippen LogP contribution in [0.15, 0.2) is 170 Å². The summed E-state index contributed by atoms with van der Waals surface area (Å²) < 4.78 is 0. The molecule has 7 aromatic carbocycles. The molecule has 1 nitrogen and oxygen atoms in total. The van der Waals surface area contributed by atoms with Gasteiger partial charge in [0.15, 0.2) is 0 Å². The molecule has 0 fully saturated rings. The van der Waals surface area contributed by atoms with Crippen molar-refractivity contribution in [1.82, 2.24) is 0 Å². The molecule has 0 aromatic heterocycles. The number of benzene rings is 7. The highest BCUT2D eigenvalue weighted by Gasteiger charge is 2.36. The SMILES string of the molecule is CC(C)(C)c1cc(-c2ccccc2)ccc1N(c1ccc(-c2ccc(-c3ccccc3)cc2)cc1)c1ccc2c(c1)C(C)(C)c1ccccc1-2. The normalized spacial score (nSPS) is 13.1. The van der Waals surface area contributed by atoms with Gasteiger partial charge in [-0.15, -0.1) is 0 Å². The van der Waals surface area contributed by atoms with Gasteiger partial charge in [0.05, 0.1) is 0 Å². The molecule has 50 heavy (non-hydrogen) atoms. The van der Waals surface area contributed by atoms with Crippen molar-refractivity contribution in [2.24, 2.45) is 0 Å². The van der Waals surface area contributed by atoms with Crippen molar-refractivity contribution < 1.29 is 0 Å². The predicted molar refractivity (Wildman–Crippen MR) is 214 cm³/mol. The largest absolute Gasteiger partial charge is 0.310 e. The first-order chi connectivity index (χ1) is 24.2. The van der Waals surface area contributed by atoms with Crippen molar-refractivity contribution in [1.29, 1.82) is 0 Å². The van der Waals surface area contributed by atoms with Crippen LogP contribution in [0.1, 0.15) is 51.3 Å². The maximum Gasteiger partial charge on any atom is 0.0499 e. The Kier molecular flexibility index (Phi) is 7.80. The Hall–Kier alpha value is -5.66. The Morgan fingerprint density at radius 3 is 1.46 bits per heavy atom. The Labute approximate surface area is 297 Å². The number of fused-ring (bicyclic) bond motifs is 3. The van der Waals surface area contributed by atoms with E-state index in [-0.39, 0.29) is 10.8 Å². The minimum absolute atomic E-state index is 0.0899. The first kappa shape index (κ1) is 31.6. The van der Waals surface area contributed by atoms with Gasteiger partial charge in [0.25, 0.3) is 0 Å². The molecule has 1 aliphatic rings. The second kappa shape index (κ2) is 12.3. The molecule has 244 valence electrons. The van der Waals surface area contributed by atoms with Gasteiger partial charge in [-0.05, 0) is 103 Å². The molecule has 8 rings (SSSR count). The lowest BCUT2D eigenvalue weighted by molar-refractivity contribution is 0.591. The van der Waals surface area contributed by atoms with Crippen molar-refractivity contribution in [3.63, 3.8) is 0 Å². The quantitative estimate of drug-likeness (QED) is 0.174. The third-order valence-electron chi connectivity index (χ3n) is 10.4. The smallest absolute Gasteiger partial charge is 0.0499 e. The van der Waals surface area contributed by atoms with Gasteiger partial charge in [-0.1, -0.05) is 168 Å². The van der Waals surface area contributed by atoms with E-state index in [0.29, 0.717) is 0 Å². The second-order valence-corrected chi connectivity index (χ2v) is 15.1. The van der Waals surface area contributed by atoms with E-state index in [0.717, 1.165) is 5.69 Å². The Morgan fingerprint density at radius 1 is 0.400 bits per heavy atom. The first-order valence-electron chi connectivity index (χ1n) is 17.7. The molecule has 0 bridgehead atoms. The van der Waals surface area contributed by atoms with Crippen LogP contribution in [0.3, 0.4) is 0 Å². The molecule has 0 heterocycles. The molecule has 0 N–H and O–H groups in total. The van der Waals surface area contributed by atoms with E-state index in [1.165, 1.54) is 72.6 Å². The van der Waals surface area contributed by atoms with Crippen molar-refractivity contribution in [2.45, 2.75) is 45.4 Å². The summed E-state index contributed by atoms with van der Waals surface area (Å²) >= 11 is 0. The van der Waals surface area contributed by atoms with E-state index in [4.69, 9.17) is 0 Å². The Morgan fingerprint density at radius 2 is 0.860 bits per heavy atom. The average molecular weight is 646 g/mol. The average Bonchev–Trinajstić information content (AvgIpc) is 3.38. The molecular weight excluding hydrogens is 603 g/mol. The van der Waals surface area contributed by atoms with Crippen LogP contribution >= 0.6 is 0 Å². The van der Waals surface area contributed by atoms with Gasteiger partial charge in [-0.2, -0.15) is 0 Å². The molecular formula is C49H43N. The first-order valence-corrected chi connectivity index (χ1v) is 17.7. The van der Waals surface area contributed by atoms with Gasteiger partial charge < -0.3 is 4.90 Å². The fourth-order valence-corrected chi connectivity index (χ4v) is 7.69. The zero-order valence-corrected chi connectivity index (χ0v) is 29.6. The molecule has 0 spiro atoms. The summed E-state index contributed by atoms with van der Waals surface area (Å²) in [6, 6.07) is 62.3. The number of hydrogen-bond donors (Lipinski definition) is 0. The standard InChI is InChI=1S/C49H43N/c1-48(2,3)46-32-39(35-16-10-7-11-17-35)26-31-47(46)50(41-29-30-43-42-18-12-13-19-44(42)49(4,5)45(43)33-41)40-27-24-38(25-28-40)37-22-20-36(21-23-37)34-14-8-6-9-15-34/h6-33H,1-5H3. The Bertz CT molecular complexity index is 2290. The van der Waals surface area contributed by atoms with E-state index in [1.54, 1.807) is 0 Å². The van der Waals surface area contributed by atoms with Gasteiger partial charge in [0, 0.05) is 22.5 Å². The fourth-order valence-electron chi connectivity index (χ4n) is 7.69. The minimum atomic E-state index is -0.0922. The van der Waals surface area contributed by atoms with E-state index < -0.39 is 0 Å². The number of anilines is 3. The maximum atomic E-state index is 2.47. The molecule has 7 aromatic rings. The molecule has 0 saturated heterocycles. The lowest BCUT2D eigenvalue weighted by Crippen LogP contribution is -2.20. The van der Waals surface area contributed by atoms with Crippen molar-refractivity contribution in [3.05, 3.63) is 187 Å². The van der Waals surface area contributed by atoms with Crippen LogP contribution in [0.25, 0.3) is 44.5 Å². The summed E-state index contributed by atoms with van der Waals surface area (Å²) in [5, 5.41) is 0. The summed E-state index contributed by atoms with van der Waals surface area (Å²) in [4.78, 5) is 2.47. The van der Waals surface area contributed by atoms with Gasteiger partial charge in [-0.25, -0.2) is 0 Å². The summed E-state index contributed by atoms with van der Waals surface area (Å²) in [5.74, 6) is 0. The number of nitrogens with zero attached hydrogens (tertiary/aromatic N) is 1. The molecule has 0 radical (unpaired) electrons. The highest BCUT2D eigenvalue weighted by molar-refractivity contribution is 5.87. The highest BCUT2D eigenvalue weighted by atomic mass is 15.1. The third kappa shape index (κ3) is 5.63. The number of hydrogen-bond acceptors (Lipinski definition) is 1. The molecule has 0 aliphatic heterocycles. The molecule has 0 unspecified atom stereocenters. The maximum absolute atomic E-state index is 2.47. The van der Waals surface area contributed by atoms with E-state index >= 15 is 0 Å². The summed E-state index contributed by atoms with van der Waals surface area (Å²) in [7, 11) is 0. The van der Waals surface area contributed by atoms with E-state index in [1.807, 2.05) is 0 Å². The van der Waals surface area contributed by atoms with Crippen LogP contribution in [-0.4, -0.2) is 0 Å². The fraction of sp³-hybridized carbons (Fsp3) is 0.143. The van der Waals surface area contributed by atoms with Gasteiger partial charge in [0.1, 0.15) is 0 Å². The molecule has 0 amide bonds. The van der Waals surface area contributed by atoms with E-state index in [9.17, 15) is 0 Å². The van der Waals surface area contributed by atoms with Crippen molar-refractivity contribution >= 4 is 17.1 Å².